The van der Waals surface area contributed by atoms with Gasteiger partial charge in [0.1, 0.15) is 6.04 Å². The van der Waals surface area contributed by atoms with Crippen LogP contribution in [0.1, 0.15) is 40.0 Å². The number of amides is 4. The first-order valence-corrected chi connectivity index (χ1v) is 11.0. The Bertz CT molecular complexity index is 953. The van der Waals surface area contributed by atoms with Gasteiger partial charge in [0, 0.05) is 57.9 Å². The molecule has 11 heteroatoms. The summed E-state index contributed by atoms with van der Waals surface area (Å²) < 4.78 is 0. The van der Waals surface area contributed by atoms with Crippen LogP contribution in [-0.4, -0.2) is 85.3 Å². The number of nitrogens with zero attached hydrogens (tertiary/aromatic N) is 3. The molecule has 33 heavy (non-hydrogen) atoms. The molecule has 9 nitrogen and oxygen atoms in total. The van der Waals surface area contributed by atoms with Gasteiger partial charge in [-0.3, -0.25) is 29.4 Å². The Balaban J connectivity index is 0.00000153. The number of piperidine rings is 1. The molecule has 0 radical (unpaired) electrons. The molecule has 0 spiro atoms. The van der Waals surface area contributed by atoms with E-state index in [1.54, 1.807) is 12.1 Å². The van der Waals surface area contributed by atoms with E-state index in [1.807, 2.05) is 6.07 Å². The van der Waals surface area contributed by atoms with Gasteiger partial charge < -0.3 is 15.1 Å². The van der Waals surface area contributed by atoms with Gasteiger partial charge >= 0.3 is 0 Å². The molecular formula is C22H29Cl2N5O4. The third-order valence-electron chi connectivity index (χ3n) is 6.80. The molecular weight excluding hydrogens is 469 g/mol. The summed E-state index contributed by atoms with van der Waals surface area (Å²) in [7, 11) is 0. The van der Waals surface area contributed by atoms with Crippen molar-refractivity contribution in [1.82, 2.24) is 20.4 Å². The van der Waals surface area contributed by atoms with Crippen molar-refractivity contribution in [2.45, 2.75) is 25.3 Å². The van der Waals surface area contributed by atoms with Crippen molar-refractivity contribution in [1.29, 1.82) is 0 Å². The lowest BCUT2D eigenvalue weighted by Crippen LogP contribution is -2.54. The van der Waals surface area contributed by atoms with Crippen LogP contribution < -0.4 is 15.5 Å². The maximum Gasteiger partial charge on any atom is 0.262 e. The van der Waals surface area contributed by atoms with E-state index in [1.165, 1.54) is 0 Å². The summed E-state index contributed by atoms with van der Waals surface area (Å²) >= 11 is 0. The molecule has 1 aromatic carbocycles. The molecule has 0 aliphatic carbocycles. The quantitative estimate of drug-likeness (QED) is 0.589. The Kier molecular flexibility index (Phi) is 8.00. The van der Waals surface area contributed by atoms with E-state index in [-0.39, 0.29) is 43.6 Å². The van der Waals surface area contributed by atoms with Gasteiger partial charge in [-0.15, -0.1) is 24.8 Å². The summed E-state index contributed by atoms with van der Waals surface area (Å²) in [5.74, 6) is -1.28. The normalized spacial score (nSPS) is 25.5. The van der Waals surface area contributed by atoms with Crippen LogP contribution in [0.4, 0.5) is 5.69 Å². The monoisotopic (exact) mass is 497 g/mol. The maximum absolute atomic E-state index is 13.0. The van der Waals surface area contributed by atoms with Gasteiger partial charge in [0.2, 0.25) is 11.8 Å². The second kappa shape index (κ2) is 10.4. The number of carbonyl (C=O) groups excluding carboxylic acids is 4. The van der Waals surface area contributed by atoms with E-state index in [0.29, 0.717) is 17.0 Å². The average molecular weight is 498 g/mol. The topological polar surface area (TPSA) is 102 Å². The zero-order valence-corrected chi connectivity index (χ0v) is 19.9. The average Bonchev–Trinajstić information content (AvgIpc) is 3.32. The summed E-state index contributed by atoms with van der Waals surface area (Å²) in [5.41, 5.74) is 1.61. The lowest BCUT2D eigenvalue weighted by molar-refractivity contribution is -0.136. The van der Waals surface area contributed by atoms with Gasteiger partial charge in [-0.2, -0.15) is 0 Å². The maximum atomic E-state index is 13.0. The van der Waals surface area contributed by atoms with Crippen molar-refractivity contribution < 1.29 is 19.2 Å². The summed E-state index contributed by atoms with van der Waals surface area (Å²) in [5, 5.41) is 5.61. The van der Waals surface area contributed by atoms with Gasteiger partial charge in [-0.25, -0.2) is 0 Å². The number of hydrogen-bond acceptors (Lipinski definition) is 7. The van der Waals surface area contributed by atoms with Gasteiger partial charge in [-0.05, 0) is 37.0 Å². The van der Waals surface area contributed by atoms with Crippen molar-refractivity contribution >= 4 is 54.1 Å². The largest absolute Gasteiger partial charge is 0.371 e. The predicted octanol–water partition coefficient (Wildman–Crippen LogP) is 0.663. The smallest absolute Gasteiger partial charge is 0.262 e. The number of imide groups is 2. The molecule has 0 aromatic heterocycles. The second-order valence-corrected chi connectivity index (χ2v) is 8.83. The number of fused-ring (bicyclic) bond motifs is 1. The van der Waals surface area contributed by atoms with Crippen molar-refractivity contribution in [3.05, 3.63) is 29.3 Å². The zero-order chi connectivity index (χ0) is 21.5. The molecule has 3 saturated heterocycles. The van der Waals surface area contributed by atoms with Crippen LogP contribution in [0.3, 0.4) is 0 Å². The van der Waals surface area contributed by atoms with Crippen LogP contribution in [0.5, 0.6) is 0 Å². The number of nitrogens with one attached hydrogen (secondary N) is 2. The molecule has 4 aliphatic heterocycles. The minimum absolute atomic E-state index is 0. The first-order chi connectivity index (χ1) is 15.0. The molecule has 5 rings (SSSR count). The Morgan fingerprint density at radius 3 is 2.36 bits per heavy atom. The van der Waals surface area contributed by atoms with Crippen LogP contribution in [0.15, 0.2) is 18.2 Å². The first kappa shape index (κ1) is 25.4. The van der Waals surface area contributed by atoms with Crippen LogP contribution in [0, 0.1) is 5.92 Å². The highest BCUT2D eigenvalue weighted by Gasteiger charge is 2.44. The van der Waals surface area contributed by atoms with Crippen LogP contribution in [0.25, 0.3) is 0 Å². The summed E-state index contributed by atoms with van der Waals surface area (Å²) in [6.45, 7) is 7.20. The number of hydrogen-bond donors (Lipinski definition) is 2. The fourth-order valence-electron chi connectivity index (χ4n) is 5.13. The van der Waals surface area contributed by atoms with Gasteiger partial charge in [0.25, 0.3) is 11.8 Å². The van der Waals surface area contributed by atoms with Crippen LogP contribution >= 0.6 is 24.8 Å². The van der Waals surface area contributed by atoms with E-state index >= 15 is 0 Å². The summed E-state index contributed by atoms with van der Waals surface area (Å²) in [6.07, 6.45) is 1.40. The number of halogens is 2. The van der Waals surface area contributed by atoms with Gasteiger partial charge in [0.05, 0.1) is 11.1 Å². The summed E-state index contributed by atoms with van der Waals surface area (Å²) in [6, 6.07) is 4.45. The van der Waals surface area contributed by atoms with Gasteiger partial charge in [0.15, 0.2) is 0 Å². The first-order valence-electron chi connectivity index (χ1n) is 11.0. The molecule has 1 unspecified atom stereocenters. The molecule has 180 valence electrons. The SMILES string of the molecule is Cl.Cl.O=C1CCC(N2C(=O)c3ccc(N4CC[C@H](CN5CCNCC5)C4)cc3C2=O)C(=O)N1. The lowest BCUT2D eigenvalue weighted by atomic mass is 10.0. The molecule has 3 fully saturated rings. The molecule has 1 aromatic rings. The number of carbonyl (C=O) groups is 4. The highest BCUT2D eigenvalue weighted by molar-refractivity contribution is 6.23. The molecule has 4 heterocycles. The van der Waals surface area contributed by atoms with E-state index < -0.39 is 23.8 Å². The number of anilines is 1. The Hall–Kier alpha value is -2.20. The van der Waals surface area contributed by atoms with Gasteiger partial charge in [-0.1, -0.05) is 0 Å². The number of benzene rings is 1. The highest BCUT2D eigenvalue weighted by atomic mass is 35.5. The standard InChI is InChI=1S/C22H27N5O4.2ClH/c28-19-4-3-18(20(29)24-19)27-21(30)16-2-1-15(11-17(16)22(27)31)26-8-5-14(13-26)12-25-9-6-23-7-10-25;;/h1-2,11,14,18,23H,3-10,12-13H2,(H,24,28,29);2*1H/t14-,18?;;/m1../s1. The van der Waals surface area contributed by atoms with E-state index in [0.717, 1.165) is 62.8 Å². The van der Waals surface area contributed by atoms with E-state index in [2.05, 4.69) is 20.4 Å². The summed E-state index contributed by atoms with van der Waals surface area (Å²) in [4.78, 5) is 55.3. The fourth-order valence-corrected chi connectivity index (χ4v) is 5.13. The van der Waals surface area contributed by atoms with Crippen LogP contribution in [-0.2, 0) is 9.59 Å². The highest BCUT2D eigenvalue weighted by Crippen LogP contribution is 2.32. The Morgan fingerprint density at radius 2 is 1.64 bits per heavy atom. The zero-order valence-electron chi connectivity index (χ0n) is 18.2. The predicted molar refractivity (Wildman–Crippen MR) is 127 cm³/mol. The Labute approximate surface area is 205 Å². The molecule has 0 bridgehead atoms. The van der Waals surface area contributed by atoms with Crippen molar-refractivity contribution in [3.8, 4) is 0 Å². The van der Waals surface area contributed by atoms with Crippen molar-refractivity contribution in [2.24, 2.45) is 5.92 Å². The lowest BCUT2D eigenvalue weighted by Gasteiger charge is -2.29. The van der Waals surface area contributed by atoms with Crippen molar-refractivity contribution in [2.75, 3.05) is 50.7 Å². The van der Waals surface area contributed by atoms with E-state index in [4.69, 9.17) is 0 Å². The van der Waals surface area contributed by atoms with Crippen molar-refractivity contribution in [3.63, 3.8) is 0 Å². The second-order valence-electron chi connectivity index (χ2n) is 8.83. The van der Waals surface area contributed by atoms with Crippen LogP contribution in [0.2, 0.25) is 0 Å². The molecule has 2 atom stereocenters. The molecule has 0 saturated carbocycles. The van der Waals surface area contributed by atoms with E-state index in [9.17, 15) is 19.2 Å². The molecule has 4 aliphatic rings. The fraction of sp³-hybridized carbons (Fsp3) is 0.545. The molecule has 2 N–H and O–H groups in total. The number of rotatable bonds is 4. The minimum Gasteiger partial charge on any atom is -0.371 e. The Morgan fingerprint density at radius 1 is 0.909 bits per heavy atom. The third kappa shape index (κ3) is 4.87. The third-order valence-corrected chi connectivity index (χ3v) is 6.80. The minimum atomic E-state index is -0.927. The number of piperazine rings is 1. The molecule has 4 amide bonds.